The maximum Gasteiger partial charge on any atom is 0.336 e. The summed E-state index contributed by atoms with van der Waals surface area (Å²) in [6.45, 7) is 8.86. The zero-order valence-electron chi connectivity index (χ0n) is 16.8. The molecule has 0 saturated carbocycles. The van der Waals surface area contributed by atoms with E-state index < -0.39 is 26.7 Å². The van der Waals surface area contributed by atoms with Gasteiger partial charge in [0.2, 0.25) is 21.6 Å². The molecule has 8 heteroatoms. The van der Waals surface area contributed by atoms with E-state index in [0.717, 1.165) is 24.8 Å². The Hall–Kier alpha value is -2.22. The molecule has 1 amide bonds. The number of hydrogen-bond donors (Lipinski definition) is 0. The van der Waals surface area contributed by atoms with Crippen molar-refractivity contribution in [3.8, 4) is 11.5 Å². The summed E-state index contributed by atoms with van der Waals surface area (Å²) >= 11 is 0. The van der Waals surface area contributed by atoms with Crippen LogP contribution in [-0.2, 0) is 20.0 Å². The molecule has 1 fully saturated rings. The highest BCUT2D eigenvalue weighted by atomic mass is 32.2. The molecule has 2 aromatic rings. The van der Waals surface area contributed by atoms with Crippen molar-refractivity contribution >= 4 is 15.7 Å². The van der Waals surface area contributed by atoms with Crippen molar-refractivity contribution in [2.24, 2.45) is 0 Å². The van der Waals surface area contributed by atoms with Crippen molar-refractivity contribution in [3.63, 3.8) is 0 Å². The minimum atomic E-state index is -3.98. The van der Waals surface area contributed by atoms with Gasteiger partial charge in [-0.1, -0.05) is 38.0 Å². The van der Waals surface area contributed by atoms with Gasteiger partial charge in [-0.2, -0.15) is 0 Å². The van der Waals surface area contributed by atoms with Crippen LogP contribution in [0.25, 0.3) is 11.5 Å². The highest BCUT2D eigenvalue weighted by Gasteiger charge is 2.31. The lowest BCUT2D eigenvalue weighted by atomic mass is 9.87. The fourth-order valence-electron chi connectivity index (χ4n) is 3.34. The smallest absolute Gasteiger partial charge is 0.336 e. The number of likely N-dealkylation sites (tertiary alicyclic amines) is 1. The molecular weight excluding hydrogens is 378 g/mol. The molecule has 0 radical (unpaired) electrons. The third kappa shape index (κ3) is 4.43. The number of rotatable bonds is 4. The van der Waals surface area contributed by atoms with Gasteiger partial charge in [-0.05, 0) is 49.3 Å². The number of amides is 1. The zero-order chi connectivity index (χ0) is 20.5. The number of aromatic nitrogens is 2. The van der Waals surface area contributed by atoms with E-state index in [1.54, 1.807) is 4.90 Å². The number of carbonyl (C=O) groups excluding carboxylic acids is 1. The van der Waals surface area contributed by atoms with E-state index in [9.17, 15) is 13.2 Å². The van der Waals surface area contributed by atoms with Gasteiger partial charge >= 0.3 is 5.22 Å². The van der Waals surface area contributed by atoms with E-state index in [4.69, 9.17) is 4.42 Å². The van der Waals surface area contributed by atoms with E-state index in [0.29, 0.717) is 12.1 Å². The summed E-state index contributed by atoms with van der Waals surface area (Å²) in [6, 6.07) is 7.61. The van der Waals surface area contributed by atoms with Gasteiger partial charge in [0.1, 0.15) is 5.75 Å². The second-order valence-corrected chi connectivity index (χ2v) is 10.3. The Bertz CT molecular complexity index is 943. The molecule has 0 bridgehead atoms. The number of benzene rings is 1. The topological polar surface area (TPSA) is 93.4 Å². The summed E-state index contributed by atoms with van der Waals surface area (Å²) in [5, 5.41) is 7.02. The Morgan fingerprint density at radius 1 is 1.18 bits per heavy atom. The lowest BCUT2D eigenvalue weighted by Crippen LogP contribution is -2.44. The second-order valence-electron chi connectivity index (χ2n) is 8.39. The van der Waals surface area contributed by atoms with Crippen molar-refractivity contribution in [2.45, 2.75) is 63.6 Å². The summed E-state index contributed by atoms with van der Waals surface area (Å²) in [7, 11) is -3.98. The Balaban J connectivity index is 1.76. The van der Waals surface area contributed by atoms with Crippen molar-refractivity contribution in [1.82, 2.24) is 15.1 Å². The lowest BCUT2D eigenvalue weighted by molar-refractivity contribution is -0.131. The first-order valence-electron chi connectivity index (χ1n) is 9.54. The van der Waals surface area contributed by atoms with Crippen LogP contribution in [0.15, 0.2) is 33.9 Å². The highest BCUT2D eigenvalue weighted by Crippen LogP contribution is 2.26. The Kier molecular flexibility index (Phi) is 5.61. The molecule has 3 rings (SSSR count). The lowest BCUT2D eigenvalue weighted by Gasteiger charge is -2.33. The quantitative estimate of drug-likeness (QED) is 0.775. The first-order chi connectivity index (χ1) is 13.1. The SMILES string of the molecule is CC1CCCCN1C(=O)CS(=O)(=O)c1nnc(-c2ccc(C(C)(C)C)cc2)o1. The molecule has 0 aliphatic carbocycles. The average molecular weight is 406 g/mol. The van der Waals surface area contributed by atoms with Gasteiger partial charge in [0.25, 0.3) is 0 Å². The molecule has 152 valence electrons. The number of carbonyl (C=O) groups is 1. The van der Waals surface area contributed by atoms with Gasteiger partial charge in [0.05, 0.1) is 0 Å². The summed E-state index contributed by atoms with van der Waals surface area (Å²) in [5.74, 6) is -0.943. The Morgan fingerprint density at radius 3 is 2.46 bits per heavy atom. The number of sulfone groups is 1. The van der Waals surface area contributed by atoms with Crippen molar-refractivity contribution in [1.29, 1.82) is 0 Å². The summed E-state index contributed by atoms with van der Waals surface area (Å²) in [4.78, 5) is 14.1. The van der Waals surface area contributed by atoms with Gasteiger partial charge in [-0.15, -0.1) is 5.10 Å². The van der Waals surface area contributed by atoms with Crippen LogP contribution in [0, 0.1) is 0 Å². The molecule has 1 aliphatic rings. The van der Waals surface area contributed by atoms with Gasteiger partial charge in [-0.3, -0.25) is 4.79 Å². The standard InChI is InChI=1S/C20H27N3O4S/c1-14-7-5-6-12-23(14)17(24)13-28(25,26)19-22-21-18(27-19)15-8-10-16(11-9-15)20(2,3)4/h8-11,14H,5-7,12-13H2,1-4H3. The molecule has 1 unspecified atom stereocenters. The molecule has 28 heavy (non-hydrogen) atoms. The summed E-state index contributed by atoms with van der Waals surface area (Å²) in [6.07, 6.45) is 2.84. The van der Waals surface area contributed by atoms with E-state index in [1.807, 2.05) is 31.2 Å². The van der Waals surface area contributed by atoms with Gasteiger partial charge < -0.3 is 9.32 Å². The third-order valence-electron chi connectivity index (χ3n) is 5.11. The van der Waals surface area contributed by atoms with Crippen molar-refractivity contribution < 1.29 is 17.6 Å². The van der Waals surface area contributed by atoms with Gasteiger partial charge in [0, 0.05) is 18.2 Å². The van der Waals surface area contributed by atoms with Crippen LogP contribution in [0.3, 0.4) is 0 Å². The molecule has 2 heterocycles. The first kappa shape index (κ1) is 20.5. The summed E-state index contributed by atoms with van der Waals surface area (Å²) in [5.41, 5.74) is 1.79. The molecule has 7 nitrogen and oxygen atoms in total. The third-order valence-corrected chi connectivity index (χ3v) is 6.43. The van der Waals surface area contributed by atoms with Crippen molar-refractivity contribution in [3.05, 3.63) is 29.8 Å². The van der Waals surface area contributed by atoms with E-state index in [1.165, 1.54) is 0 Å². The van der Waals surface area contributed by atoms with Crippen LogP contribution >= 0.6 is 0 Å². The summed E-state index contributed by atoms with van der Waals surface area (Å²) < 4.78 is 30.6. The molecule has 1 aromatic heterocycles. The zero-order valence-corrected chi connectivity index (χ0v) is 17.6. The monoisotopic (exact) mass is 405 g/mol. The van der Waals surface area contributed by atoms with Gasteiger partial charge in [0.15, 0.2) is 0 Å². The predicted molar refractivity (Wildman–Crippen MR) is 106 cm³/mol. The fourth-order valence-corrected chi connectivity index (χ4v) is 4.33. The van der Waals surface area contributed by atoms with Crippen LogP contribution in [-0.4, -0.2) is 47.8 Å². The van der Waals surface area contributed by atoms with Gasteiger partial charge in [-0.25, -0.2) is 8.42 Å². The highest BCUT2D eigenvalue weighted by molar-refractivity contribution is 7.91. The normalized spacial score (nSPS) is 18.3. The molecule has 1 aromatic carbocycles. The van der Waals surface area contributed by atoms with Crippen LogP contribution in [0.4, 0.5) is 0 Å². The Labute approximate surface area is 166 Å². The van der Waals surface area contributed by atoms with Crippen LogP contribution in [0.1, 0.15) is 52.5 Å². The van der Waals surface area contributed by atoms with Crippen LogP contribution < -0.4 is 0 Å². The minimum absolute atomic E-state index is 0.00776. The number of hydrogen-bond acceptors (Lipinski definition) is 6. The maximum absolute atomic E-state index is 12.6. The molecule has 1 atom stereocenters. The van der Waals surface area contributed by atoms with E-state index in [-0.39, 0.29) is 17.3 Å². The minimum Gasteiger partial charge on any atom is -0.408 e. The van der Waals surface area contributed by atoms with Crippen LogP contribution in [0.2, 0.25) is 0 Å². The number of nitrogens with zero attached hydrogens (tertiary/aromatic N) is 3. The molecule has 1 aliphatic heterocycles. The average Bonchev–Trinajstić information content (AvgIpc) is 3.12. The van der Waals surface area contributed by atoms with E-state index >= 15 is 0 Å². The second kappa shape index (κ2) is 7.66. The van der Waals surface area contributed by atoms with Crippen LogP contribution in [0.5, 0.6) is 0 Å². The molecular formula is C20H27N3O4S. The molecule has 0 N–H and O–H groups in total. The predicted octanol–water partition coefficient (Wildman–Crippen LogP) is 3.21. The van der Waals surface area contributed by atoms with Crippen molar-refractivity contribution in [2.75, 3.05) is 12.3 Å². The maximum atomic E-state index is 12.6. The largest absolute Gasteiger partial charge is 0.408 e. The molecule has 1 saturated heterocycles. The van der Waals surface area contributed by atoms with E-state index in [2.05, 4.69) is 31.0 Å². The first-order valence-corrected chi connectivity index (χ1v) is 11.2. The number of piperidine rings is 1. The Morgan fingerprint density at radius 2 is 1.86 bits per heavy atom. The fraction of sp³-hybridized carbons (Fsp3) is 0.550. The molecule has 0 spiro atoms.